The Bertz CT molecular complexity index is 922. The molecule has 0 N–H and O–H groups in total. The Hall–Kier alpha value is -2.83. The molecule has 3 aromatic heterocycles. The van der Waals surface area contributed by atoms with Gasteiger partial charge in [0.25, 0.3) is 5.91 Å². The summed E-state index contributed by atoms with van der Waals surface area (Å²) < 4.78 is 13.0. The standard InChI is InChI=1S/C19H22N4O3/c1-13-11-16(14(2)26-13)19(24)22-8-5-15(6-9-22)12-25-18-4-3-17-20-7-10-23(17)21-18/h3-4,7,10-11,15H,5-6,8-9,12H2,1-2H3. The number of fused-ring (bicyclic) bond motifs is 1. The second-order valence-corrected chi connectivity index (χ2v) is 6.78. The van der Waals surface area contributed by atoms with Gasteiger partial charge in [-0.25, -0.2) is 9.50 Å². The maximum atomic E-state index is 12.6. The number of imidazole rings is 1. The van der Waals surface area contributed by atoms with E-state index >= 15 is 0 Å². The van der Waals surface area contributed by atoms with Crippen molar-refractivity contribution in [1.82, 2.24) is 19.5 Å². The molecule has 0 aliphatic carbocycles. The predicted octanol–water partition coefficient (Wildman–Crippen LogP) is 2.87. The molecule has 3 aromatic rings. The van der Waals surface area contributed by atoms with E-state index in [4.69, 9.17) is 9.15 Å². The molecule has 1 amide bonds. The maximum Gasteiger partial charge on any atom is 0.257 e. The van der Waals surface area contributed by atoms with Crippen molar-refractivity contribution in [2.75, 3.05) is 19.7 Å². The summed E-state index contributed by atoms with van der Waals surface area (Å²) in [4.78, 5) is 18.7. The highest BCUT2D eigenvalue weighted by Gasteiger charge is 2.26. The van der Waals surface area contributed by atoms with Crippen LogP contribution in [0.25, 0.3) is 5.65 Å². The summed E-state index contributed by atoms with van der Waals surface area (Å²) in [7, 11) is 0. The lowest BCUT2D eigenvalue weighted by atomic mass is 9.97. The molecule has 136 valence electrons. The van der Waals surface area contributed by atoms with Crippen LogP contribution in [-0.2, 0) is 0 Å². The molecular formula is C19H22N4O3. The number of carbonyl (C=O) groups is 1. The van der Waals surface area contributed by atoms with Gasteiger partial charge in [-0.2, -0.15) is 0 Å². The average molecular weight is 354 g/mol. The zero-order valence-corrected chi connectivity index (χ0v) is 15.0. The van der Waals surface area contributed by atoms with Crippen LogP contribution >= 0.6 is 0 Å². The first-order valence-corrected chi connectivity index (χ1v) is 8.89. The first-order valence-electron chi connectivity index (χ1n) is 8.89. The van der Waals surface area contributed by atoms with Gasteiger partial charge < -0.3 is 14.1 Å². The minimum Gasteiger partial charge on any atom is -0.476 e. The van der Waals surface area contributed by atoms with Crippen molar-refractivity contribution in [2.45, 2.75) is 26.7 Å². The van der Waals surface area contributed by atoms with Gasteiger partial charge in [0.05, 0.1) is 12.2 Å². The largest absolute Gasteiger partial charge is 0.476 e. The van der Waals surface area contributed by atoms with Crippen LogP contribution in [0.15, 0.2) is 35.0 Å². The monoisotopic (exact) mass is 354 g/mol. The fourth-order valence-electron chi connectivity index (χ4n) is 3.39. The van der Waals surface area contributed by atoms with Crippen molar-refractivity contribution in [3.05, 3.63) is 47.7 Å². The predicted molar refractivity (Wildman–Crippen MR) is 95.3 cm³/mol. The van der Waals surface area contributed by atoms with Crippen LogP contribution in [-0.4, -0.2) is 45.1 Å². The number of likely N-dealkylation sites (tertiary alicyclic amines) is 1. The van der Waals surface area contributed by atoms with Gasteiger partial charge in [0.1, 0.15) is 11.5 Å². The van der Waals surface area contributed by atoms with Gasteiger partial charge in [-0.3, -0.25) is 4.79 Å². The number of furan rings is 1. The highest BCUT2D eigenvalue weighted by molar-refractivity contribution is 5.95. The molecule has 0 saturated carbocycles. The Morgan fingerprint density at radius 2 is 2.12 bits per heavy atom. The van der Waals surface area contributed by atoms with E-state index in [0.717, 1.165) is 37.3 Å². The van der Waals surface area contributed by atoms with Crippen molar-refractivity contribution in [3.63, 3.8) is 0 Å². The molecular weight excluding hydrogens is 332 g/mol. The number of ether oxygens (including phenoxy) is 1. The van der Waals surface area contributed by atoms with Gasteiger partial charge in [-0.15, -0.1) is 5.10 Å². The molecule has 0 spiro atoms. The summed E-state index contributed by atoms with van der Waals surface area (Å²) in [5.41, 5.74) is 1.48. The summed E-state index contributed by atoms with van der Waals surface area (Å²) in [6.45, 7) is 5.79. The highest BCUT2D eigenvalue weighted by Crippen LogP contribution is 2.22. The molecule has 0 aromatic carbocycles. The number of piperidine rings is 1. The fraction of sp³-hybridized carbons (Fsp3) is 0.421. The Morgan fingerprint density at radius 3 is 2.85 bits per heavy atom. The molecule has 4 rings (SSSR count). The zero-order chi connectivity index (χ0) is 18.1. The third kappa shape index (κ3) is 3.29. The van der Waals surface area contributed by atoms with E-state index in [2.05, 4.69) is 10.1 Å². The molecule has 4 heterocycles. The van der Waals surface area contributed by atoms with Gasteiger partial charge in [0.2, 0.25) is 5.88 Å². The first-order chi connectivity index (χ1) is 12.6. The molecule has 7 heteroatoms. The van der Waals surface area contributed by atoms with Crippen molar-refractivity contribution >= 4 is 11.6 Å². The van der Waals surface area contributed by atoms with Gasteiger partial charge >= 0.3 is 0 Å². The lowest BCUT2D eigenvalue weighted by Crippen LogP contribution is -2.39. The Balaban J connectivity index is 1.30. The molecule has 1 aliphatic heterocycles. The Morgan fingerprint density at radius 1 is 1.31 bits per heavy atom. The summed E-state index contributed by atoms with van der Waals surface area (Å²) in [6, 6.07) is 5.55. The number of amides is 1. The van der Waals surface area contributed by atoms with Crippen LogP contribution < -0.4 is 4.74 Å². The third-order valence-electron chi connectivity index (χ3n) is 4.87. The number of aromatic nitrogens is 3. The van der Waals surface area contributed by atoms with E-state index in [-0.39, 0.29) is 5.91 Å². The smallest absolute Gasteiger partial charge is 0.257 e. The Kier molecular flexibility index (Phi) is 4.36. The van der Waals surface area contributed by atoms with E-state index < -0.39 is 0 Å². The normalized spacial score (nSPS) is 15.5. The minimum atomic E-state index is 0.0611. The van der Waals surface area contributed by atoms with Crippen LogP contribution in [0.5, 0.6) is 5.88 Å². The van der Waals surface area contributed by atoms with Gasteiger partial charge in [0.15, 0.2) is 5.65 Å². The van der Waals surface area contributed by atoms with E-state index in [1.165, 1.54) is 0 Å². The second kappa shape index (κ2) is 6.82. The van der Waals surface area contributed by atoms with E-state index in [1.807, 2.05) is 36.9 Å². The lowest BCUT2D eigenvalue weighted by molar-refractivity contribution is 0.0657. The number of nitrogens with zero attached hydrogens (tertiary/aromatic N) is 4. The molecule has 1 fully saturated rings. The number of aryl methyl sites for hydroxylation is 2. The molecule has 0 bridgehead atoms. The van der Waals surface area contributed by atoms with Crippen molar-refractivity contribution in [3.8, 4) is 5.88 Å². The summed E-state index contributed by atoms with van der Waals surface area (Å²) in [5.74, 6) is 2.55. The first kappa shape index (κ1) is 16.6. The van der Waals surface area contributed by atoms with Crippen LogP contribution in [0.4, 0.5) is 0 Å². The maximum absolute atomic E-state index is 12.6. The van der Waals surface area contributed by atoms with Crippen LogP contribution in [0, 0.1) is 19.8 Å². The van der Waals surface area contributed by atoms with Gasteiger partial charge in [-0.05, 0) is 44.7 Å². The lowest BCUT2D eigenvalue weighted by Gasteiger charge is -2.31. The number of carbonyl (C=O) groups excluding carboxylic acids is 1. The topological polar surface area (TPSA) is 72.9 Å². The quantitative estimate of drug-likeness (QED) is 0.720. The van der Waals surface area contributed by atoms with Crippen molar-refractivity contribution in [1.29, 1.82) is 0 Å². The highest BCUT2D eigenvalue weighted by atomic mass is 16.5. The molecule has 1 aliphatic rings. The average Bonchev–Trinajstić information content (AvgIpc) is 3.25. The summed E-state index contributed by atoms with van der Waals surface area (Å²) >= 11 is 0. The van der Waals surface area contributed by atoms with Crippen LogP contribution in [0.2, 0.25) is 0 Å². The SMILES string of the molecule is Cc1cc(C(=O)N2CCC(COc3ccc4nccn4n3)CC2)c(C)o1. The molecule has 0 atom stereocenters. The molecule has 7 nitrogen and oxygen atoms in total. The van der Waals surface area contributed by atoms with E-state index in [1.54, 1.807) is 16.9 Å². The minimum absolute atomic E-state index is 0.0611. The van der Waals surface area contributed by atoms with Crippen molar-refractivity contribution in [2.24, 2.45) is 5.92 Å². The fourth-order valence-corrected chi connectivity index (χ4v) is 3.39. The zero-order valence-electron chi connectivity index (χ0n) is 15.0. The summed E-state index contributed by atoms with van der Waals surface area (Å²) in [5, 5.41) is 4.37. The van der Waals surface area contributed by atoms with E-state index in [9.17, 15) is 4.79 Å². The molecule has 0 unspecified atom stereocenters. The van der Waals surface area contributed by atoms with Crippen LogP contribution in [0.1, 0.15) is 34.7 Å². The second-order valence-electron chi connectivity index (χ2n) is 6.78. The Labute approximate surface area is 151 Å². The molecule has 1 saturated heterocycles. The summed E-state index contributed by atoms with van der Waals surface area (Å²) in [6.07, 6.45) is 5.36. The van der Waals surface area contributed by atoms with Gasteiger partial charge in [-0.1, -0.05) is 0 Å². The number of rotatable bonds is 4. The molecule has 26 heavy (non-hydrogen) atoms. The number of hydrogen-bond donors (Lipinski definition) is 0. The third-order valence-corrected chi connectivity index (χ3v) is 4.87. The van der Waals surface area contributed by atoms with Crippen molar-refractivity contribution < 1.29 is 13.9 Å². The number of hydrogen-bond acceptors (Lipinski definition) is 5. The van der Waals surface area contributed by atoms with Crippen LogP contribution in [0.3, 0.4) is 0 Å². The van der Waals surface area contributed by atoms with Gasteiger partial charge in [0, 0.05) is 31.5 Å². The van der Waals surface area contributed by atoms with E-state index in [0.29, 0.717) is 29.7 Å². The molecule has 0 radical (unpaired) electrons.